The Morgan fingerprint density at radius 3 is 2.20 bits per heavy atom. The molecule has 0 saturated heterocycles. The summed E-state index contributed by atoms with van der Waals surface area (Å²) in [5, 5.41) is 7.86. The van der Waals surface area contributed by atoms with E-state index in [4.69, 9.17) is 27.6 Å². The van der Waals surface area contributed by atoms with Gasteiger partial charge in [0.2, 0.25) is 8.32 Å². The Morgan fingerprint density at radius 1 is 1.00 bits per heavy atom. The van der Waals surface area contributed by atoms with E-state index in [1.54, 1.807) is 29.8 Å². The van der Waals surface area contributed by atoms with Crippen LogP contribution < -0.4 is 9.74 Å². The van der Waals surface area contributed by atoms with Gasteiger partial charge >= 0.3 is 6.18 Å². The summed E-state index contributed by atoms with van der Waals surface area (Å²) < 4.78 is 46.7. The number of nitrogens with zero attached hydrogens (tertiary/aromatic N) is 3. The monoisotopic (exact) mass is 620 g/mol. The molecular formula is C29H29Cl2F3N4O2Si. The molecule has 0 radical (unpaired) electrons. The highest BCUT2D eigenvalue weighted by Crippen LogP contribution is 2.39. The van der Waals surface area contributed by atoms with Crippen molar-refractivity contribution >= 4 is 43.2 Å². The number of benzene rings is 2. The molecule has 1 amide bonds. The normalized spacial score (nSPS) is 12.4. The first-order valence-electron chi connectivity index (χ1n) is 12.7. The Balaban J connectivity index is 1.74. The van der Waals surface area contributed by atoms with Crippen LogP contribution in [0.15, 0.2) is 60.8 Å². The molecule has 0 aliphatic carbocycles. The van der Waals surface area contributed by atoms with Crippen LogP contribution in [0, 0.1) is 6.92 Å². The van der Waals surface area contributed by atoms with Crippen LogP contribution in [0.4, 0.5) is 19.0 Å². The summed E-state index contributed by atoms with van der Waals surface area (Å²) in [6.07, 6.45) is -3.88. The van der Waals surface area contributed by atoms with E-state index < -0.39 is 26.0 Å². The van der Waals surface area contributed by atoms with E-state index in [1.165, 1.54) is 0 Å². The molecule has 0 fully saturated rings. The summed E-state index contributed by atoms with van der Waals surface area (Å²) >= 11 is 12.6. The first-order chi connectivity index (χ1) is 19.0. The molecule has 0 spiro atoms. The van der Waals surface area contributed by atoms with Gasteiger partial charge in [-0.2, -0.15) is 18.3 Å². The number of rotatable bonds is 6. The minimum absolute atomic E-state index is 0.0242. The van der Waals surface area contributed by atoms with E-state index >= 15 is 0 Å². The average molecular weight is 622 g/mol. The Hall–Kier alpha value is -3.34. The van der Waals surface area contributed by atoms with Crippen LogP contribution in [-0.4, -0.2) is 29.0 Å². The second-order valence-corrected chi connectivity index (χ2v) is 16.7. The number of halogens is 5. The molecule has 0 aliphatic rings. The van der Waals surface area contributed by atoms with Crippen LogP contribution in [0.3, 0.4) is 0 Å². The quantitative estimate of drug-likeness (QED) is 0.218. The van der Waals surface area contributed by atoms with Crippen molar-refractivity contribution in [3.8, 4) is 22.7 Å². The number of aromatic nitrogens is 3. The van der Waals surface area contributed by atoms with Crippen molar-refractivity contribution < 1.29 is 22.4 Å². The highest BCUT2D eigenvalue weighted by atomic mass is 35.5. The van der Waals surface area contributed by atoms with Crippen molar-refractivity contribution in [2.24, 2.45) is 0 Å². The highest BCUT2D eigenvalue weighted by Gasteiger charge is 2.39. The zero-order valence-corrected chi connectivity index (χ0v) is 25.8. The first kappa shape index (κ1) is 30.6. The number of pyridine rings is 1. The molecule has 0 atom stereocenters. The molecule has 4 rings (SSSR count). The summed E-state index contributed by atoms with van der Waals surface area (Å²) in [6.45, 7) is 12.6. The maximum absolute atomic E-state index is 13.3. The van der Waals surface area contributed by atoms with Gasteiger partial charge in [-0.05, 0) is 79.7 Å². The van der Waals surface area contributed by atoms with Gasteiger partial charge in [-0.3, -0.25) is 4.79 Å². The predicted octanol–water partition coefficient (Wildman–Crippen LogP) is 9.20. The van der Waals surface area contributed by atoms with Crippen molar-refractivity contribution in [1.82, 2.24) is 14.8 Å². The van der Waals surface area contributed by atoms with Crippen LogP contribution in [0.5, 0.6) is 5.75 Å². The molecule has 0 unspecified atom stereocenters. The summed E-state index contributed by atoms with van der Waals surface area (Å²) in [6, 6.07) is 14.4. The van der Waals surface area contributed by atoms with Crippen LogP contribution in [0.2, 0.25) is 28.2 Å². The van der Waals surface area contributed by atoms with E-state index in [9.17, 15) is 18.0 Å². The first-order valence-corrected chi connectivity index (χ1v) is 16.3. The molecule has 1 N–H and O–H groups in total. The second kappa shape index (κ2) is 11.1. The third-order valence-electron chi connectivity index (χ3n) is 7.11. The Bertz CT molecular complexity index is 1580. The molecule has 2 aromatic carbocycles. The zero-order valence-electron chi connectivity index (χ0n) is 23.3. The number of alkyl halides is 3. The van der Waals surface area contributed by atoms with Gasteiger partial charge in [0, 0.05) is 22.3 Å². The standard InChI is InChI=1S/C29H29Cl2F3N4O2Si/c1-17-25(27(39)36-24-14-9-19(16-35-24)29(32,33)34)37-38(23-13-10-20(30)15-22(23)31)26(17)18-7-11-21(12-8-18)40-41(5,6)28(2,3)4/h7-16H,1-6H3,(H,35,36,39). The van der Waals surface area contributed by atoms with Crippen LogP contribution in [0.25, 0.3) is 16.9 Å². The fraction of sp³-hybridized carbons (Fsp3) is 0.276. The fourth-order valence-corrected chi connectivity index (χ4v) is 5.34. The molecule has 0 aliphatic heterocycles. The van der Waals surface area contributed by atoms with E-state index in [-0.39, 0.29) is 16.6 Å². The number of hydrogen-bond donors (Lipinski definition) is 1. The Morgan fingerprint density at radius 2 is 1.66 bits per heavy atom. The molecular weight excluding hydrogens is 592 g/mol. The van der Waals surface area contributed by atoms with E-state index in [0.717, 1.165) is 23.4 Å². The Kier molecular flexibility index (Phi) is 8.32. The molecule has 2 heterocycles. The minimum Gasteiger partial charge on any atom is -0.544 e. The number of amides is 1. The third kappa shape index (κ3) is 6.60. The van der Waals surface area contributed by atoms with E-state index in [2.05, 4.69) is 49.3 Å². The third-order valence-corrected chi connectivity index (χ3v) is 12.0. The van der Waals surface area contributed by atoms with Gasteiger partial charge < -0.3 is 9.74 Å². The lowest BCUT2D eigenvalue weighted by atomic mass is 10.1. The summed E-state index contributed by atoms with van der Waals surface area (Å²) in [5.41, 5.74) is 1.49. The van der Waals surface area contributed by atoms with Gasteiger partial charge in [-0.25, -0.2) is 9.67 Å². The maximum atomic E-state index is 13.3. The predicted molar refractivity (Wildman–Crippen MR) is 159 cm³/mol. The fourth-order valence-electron chi connectivity index (χ4n) is 3.82. The molecule has 4 aromatic rings. The lowest BCUT2D eigenvalue weighted by Gasteiger charge is -2.36. The second-order valence-electron chi connectivity index (χ2n) is 11.1. The average Bonchev–Trinajstić information content (AvgIpc) is 3.20. The smallest absolute Gasteiger partial charge is 0.417 e. The number of hydrogen-bond acceptors (Lipinski definition) is 4. The van der Waals surface area contributed by atoms with Gasteiger partial charge in [0.15, 0.2) is 5.69 Å². The lowest BCUT2D eigenvalue weighted by molar-refractivity contribution is -0.137. The summed E-state index contributed by atoms with van der Waals surface area (Å²) in [7, 11) is -2.06. The van der Waals surface area contributed by atoms with Crippen molar-refractivity contribution in [3.05, 3.63) is 87.7 Å². The number of nitrogens with one attached hydrogen (secondary N) is 1. The molecule has 0 bridgehead atoms. The van der Waals surface area contributed by atoms with E-state index in [1.807, 2.05) is 24.3 Å². The number of carbonyl (C=O) groups excluding carboxylic acids is 1. The highest BCUT2D eigenvalue weighted by molar-refractivity contribution is 6.74. The number of anilines is 1. The van der Waals surface area contributed by atoms with Crippen molar-refractivity contribution in [2.45, 2.75) is 52.0 Å². The van der Waals surface area contributed by atoms with Gasteiger partial charge in [0.25, 0.3) is 5.91 Å². The van der Waals surface area contributed by atoms with Crippen molar-refractivity contribution in [3.63, 3.8) is 0 Å². The lowest BCUT2D eigenvalue weighted by Crippen LogP contribution is -2.43. The summed E-state index contributed by atoms with van der Waals surface area (Å²) in [5.74, 6) is 0.0489. The van der Waals surface area contributed by atoms with Gasteiger partial charge in [0.1, 0.15) is 11.6 Å². The van der Waals surface area contributed by atoms with Crippen LogP contribution >= 0.6 is 23.2 Å². The molecule has 0 saturated carbocycles. The minimum atomic E-state index is -4.54. The molecule has 2 aromatic heterocycles. The van der Waals surface area contributed by atoms with E-state index in [0.29, 0.717) is 33.2 Å². The van der Waals surface area contributed by atoms with Gasteiger partial charge in [-0.1, -0.05) is 44.0 Å². The topological polar surface area (TPSA) is 69.0 Å². The molecule has 216 valence electrons. The SMILES string of the molecule is Cc1c(C(=O)Nc2ccc(C(F)(F)F)cn2)nn(-c2ccc(Cl)cc2Cl)c1-c1ccc(O[Si](C)(C)C(C)(C)C)cc1. The van der Waals surface area contributed by atoms with Crippen molar-refractivity contribution in [1.29, 1.82) is 0 Å². The maximum Gasteiger partial charge on any atom is 0.417 e. The molecule has 6 nitrogen and oxygen atoms in total. The molecule has 41 heavy (non-hydrogen) atoms. The Labute approximate surface area is 247 Å². The molecule has 12 heteroatoms. The number of carbonyl (C=O) groups is 1. The summed E-state index contributed by atoms with van der Waals surface area (Å²) in [4.78, 5) is 17.0. The largest absolute Gasteiger partial charge is 0.544 e. The van der Waals surface area contributed by atoms with Gasteiger partial charge in [0.05, 0.1) is 22.0 Å². The van der Waals surface area contributed by atoms with Gasteiger partial charge in [-0.15, -0.1) is 0 Å². The van der Waals surface area contributed by atoms with Crippen molar-refractivity contribution in [2.75, 3.05) is 5.32 Å². The zero-order chi connectivity index (χ0) is 30.3. The van der Waals surface area contributed by atoms with Crippen LogP contribution in [0.1, 0.15) is 42.4 Å². The van der Waals surface area contributed by atoms with Crippen LogP contribution in [-0.2, 0) is 6.18 Å².